The second-order valence-corrected chi connectivity index (χ2v) is 5.86. The molecule has 1 aliphatic rings. The van der Waals surface area contributed by atoms with Crippen molar-refractivity contribution in [1.82, 2.24) is 15.2 Å². The van der Waals surface area contributed by atoms with Gasteiger partial charge in [-0.25, -0.2) is 0 Å². The highest BCUT2D eigenvalue weighted by Crippen LogP contribution is 2.15. The Hall–Kier alpha value is -0.930. The van der Waals surface area contributed by atoms with E-state index >= 15 is 0 Å². The Morgan fingerprint density at radius 2 is 2.29 bits per heavy atom. The second kappa shape index (κ2) is 5.15. The predicted molar refractivity (Wildman–Crippen MR) is 70.8 cm³/mol. The normalized spacial score (nSPS) is 25.5. The molecule has 0 spiro atoms. The molecule has 17 heavy (non-hydrogen) atoms. The van der Waals surface area contributed by atoms with Crippen LogP contribution in [0.15, 0.2) is 24.4 Å². The van der Waals surface area contributed by atoms with Gasteiger partial charge in [-0.2, -0.15) is 0 Å². The summed E-state index contributed by atoms with van der Waals surface area (Å²) in [7, 11) is 0. The van der Waals surface area contributed by atoms with Crippen LogP contribution in [0, 0.1) is 5.92 Å². The van der Waals surface area contributed by atoms with Crippen LogP contribution in [0.4, 0.5) is 0 Å². The molecule has 1 fully saturated rings. The zero-order valence-electron chi connectivity index (χ0n) is 11.1. The zero-order valence-corrected chi connectivity index (χ0v) is 11.1. The summed E-state index contributed by atoms with van der Waals surface area (Å²) in [5.41, 5.74) is 1.36. The van der Waals surface area contributed by atoms with Crippen molar-refractivity contribution in [3.8, 4) is 0 Å². The van der Waals surface area contributed by atoms with Gasteiger partial charge in [-0.15, -0.1) is 0 Å². The molecule has 0 radical (unpaired) electrons. The zero-order chi connectivity index (χ0) is 12.3. The van der Waals surface area contributed by atoms with E-state index < -0.39 is 0 Å². The summed E-state index contributed by atoms with van der Waals surface area (Å²) in [6.45, 7) is 11.1. The van der Waals surface area contributed by atoms with Gasteiger partial charge in [0.2, 0.25) is 0 Å². The monoisotopic (exact) mass is 233 g/mol. The molecular formula is C14H23N3. The van der Waals surface area contributed by atoms with Crippen LogP contribution in [-0.4, -0.2) is 35.1 Å². The maximum absolute atomic E-state index is 4.41. The number of aromatic nitrogens is 1. The molecule has 0 bridgehead atoms. The number of hydrogen-bond acceptors (Lipinski definition) is 3. The lowest BCUT2D eigenvalue weighted by Gasteiger charge is -2.29. The van der Waals surface area contributed by atoms with E-state index in [1.807, 2.05) is 12.3 Å². The molecule has 1 aliphatic heterocycles. The first kappa shape index (κ1) is 12.5. The molecule has 1 aromatic rings. The lowest BCUT2D eigenvalue weighted by molar-refractivity contribution is 0.211. The summed E-state index contributed by atoms with van der Waals surface area (Å²) in [5.74, 6) is 0.695. The first-order chi connectivity index (χ1) is 8.05. The molecule has 1 N–H and O–H groups in total. The predicted octanol–water partition coefficient (Wildman–Crippen LogP) is 1.90. The fraction of sp³-hybridized carbons (Fsp3) is 0.643. The van der Waals surface area contributed by atoms with Gasteiger partial charge < -0.3 is 5.32 Å². The van der Waals surface area contributed by atoms with Gasteiger partial charge in [0, 0.05) is 31.4 Å². The van der Waals surface area contributed by atoms with Crippen LogP contribution < -0.4 is 5.32 Å². The average molecular weight is 233 g/mol. The van der Waals surface area contributed by atoms with Crippen molar-refractivity contribution in [2.45, 2.75) is 32.9 Å². The first-order valence-electron chi connectivity index (χ1n) is 6.42. The van der Waals surface area contributed by atoms with Crippen molar-refractivity contribution in [3.05, 3.63) is 30.1 Å². The van der Waals surface area contributed by atoms with E-state index in [1.165, 1.54) is 0 Å². The van der Waals surface area contributed by atoms with Crippen molar-refractivity contribution in [2.75, 3.05) is 19.6 Å². The average Bonchev–Trinajstić information content (AvgIpc) is 2.39. The summed E-state index contributed by atoms with van der Waals surface area (Å²) >= 11 is 0. The molecule has 1 unspecified atom stereocenters. The highest BCUT2D eigenvalue weighted by Gasteiger charge is 2.26. The highest BCUT2D eigenvalue weighted by atomic mass is 15.2. The van der Waals surface area contributed by atoms with Crippen LogP contribution in [0.3, 0.4) is 0 Å². The van der Waals surface area contributed by atoms with Crippen molar-refractivity contribution in [3.63, 3.8) is 0 Å². The summed E-state index contributed by atoms with van der Waals surface area (Å²) in [5, 5.41) is 3.62. The molecule has 94 valence electrons. The molecule has 3 nitrogen and oxygen atoms in total. The maximum Gasteiger partial charge on any atom is 0.0543 e. The summed E-state index contributed by atoms with van der Waals surface area (Å²) in [6, 6.07) is 6.14. The Balaban J connectivity index is 2.03. The fourth-order valence-electron chi connectivity index (χ4n) is 2.48. The number of pyridine rings is 1. The SMILES string of the molecule is CC1CNC(C)(C)CN(Cc2ccccn2)C1. The second-order valence-electron chi connectivity index (χ2n) is 5.86. The lowest BCUT2D eigenvalue weighted by Crippen LogP contribution is -2.46. The lowest BCUT2D eigenvalue weighted by atomic mass is 10.1. The number of rotatable bonds is 2. The van der Waals surface area contributed by atoms with E-state index in [0.29, 0.717) is 5.92 Å². The highest BCUT2D eigenvalue weighted by molar-refractivity contribution is 5.04. The van der Waals surface area contributed by atoms with E-state index in [9.17, 15) is 0 Å². The maximum atomic E-state index is 4.41. The molecule has 1 aromatic heterocycles. The van der Waals surface area contributed by atoms with Gasteiger partial charge in [0.15, 0.2) is 0 Å². The molecule has 2 heterocycles. The van der Waals surface area contributed by atoms with Gasteiger partial charge in [0.1, 0.15) is 0 Å². The largest absolute Gasteiger partial charge is 0.310 e. The standard InChI is InChI=1S/C14H23N3/c1-12-8-16-14(2,3)11-17(9-12)10-13-6-4-5-7-15-13/h4-7,12,16H,8-11H2,1-3H3. The molecule has 0 amide bonds. The van der Waals surface area contributed by atoms with Crippen LogP contribution >= 0.6 is 0 Å². The number of hydrogen-bond donors (Lipinski definition) is 1. The summed E-state index contributed by atoms with van der Waals surface area (Å²) in [4.78, 5) is 6.92. The van der Waals surface area contributed by atoms with Crippen molar-refractivity contribution in [2.24, 2.45) is 5.92 Å². The molecule has 2 rings (SSSR count). The Morgan fingerprint density at radius 3 is 3.00 bits per heavy atom. The van der Waals surface area contributed by atoms with Gasteiger partial charge in [0.05, 0.1) is 5.69 Å². The Kier molecular flexibility index (Phi) is 3.79. The summed E-state index contributed by atoms with van der Waals surface area (Å²) < 4.78 is 0. The molecule has 1 atom stereocenters. The molecular weight excluding hydrogens is 210 g/mol. The number of nitrogens with zero attached hydrogens (tertiary/aromatic N) is 2. The van der Waals surface area contributed by atoms with E-state index in [1.54, 1.807) is 0 Å². The topological polar surface area (TPSA) is 28.2 Å². The fourth-order valence-corrected chi connectivity index (χ4v) is 2.48. The third kappa shape index (κ3) is 3.79. The van der Waals surface area contributed by atoms with Gasteiger partial charge in [-0.05, 0) is 38.4 Å². The Bertz CT molecular complexity index is 348. The molecule has 0 aliphatic carbocycles. The van der Waals surface area contributed by atoms with E-state index in [4.69, 9.17) is 0 Å². The molecule has 0 saturated carbocycles. The van der Waals surface area contributed by atoms with Crippen LogP contribution in [0.1, 0.15) is 26.5 Å². The van der Waals surface area contributed by atoms with E-state index in [-0.39, 0.29) is 5.54 Å². The third-order valence-electron chi connectivity index (χ3n) is 3.23. The van der Waals surface area contributed by atoms with Gasteiger partial charge in [0.25, 0.3) is 0 Å². The van der Waals surface area contributed by atoms with Crippen molar-refractivity contribution < 1.29 is 0 Å². The van der Waals surface area contributed by atoms with E-state index in [0.717, 1.165) is 31.9 Å². The minimum atomic E-state index is 0.194. The summed E-state index contributed by atoms with van der Waals surface area (Å²) in [6.07, 6.45) is 1.87. The molecule has 1 saturated heterocycles. The smallest absolute Gasteiger partial charge is 0.0543 e. The Morgan fingerprint density at radius 1 is 1.47 bits per heavy atom. The van der Waals surface area contributed by atoms with Crippen LogP contribution in [0.2, 0.25) is 0 Å². The van der Waals surface area contributed by atoms with Crippen molar-refractivity contribution >= 4 is 0 Å². The minimum absolute atomic E-state index is 0.194. The first-order valence-corrected chi connectivity index (χ1v) is 6.42. The van der Waals surface area contributed by atoms with Gasteiger partial charge in [-0.1, -0.05) is 13.0 Å². The van der Waals surface area contributed by atoms with Crippen LogP contribution in [-0.2, 0) is 6.54 Å². The minimum Gasteiger partial charge on any atom is -0.310 e. The molecule has 0 aromatic carbocycles. The third-order valence-corrected chi connectivity index (χ3v) is 3.23. The van der Waals surface area contributed by atoms with Gasteiger partial charge in [-0.3, -0.25) is 9.88 Å². The Labute approximate surface area is 104 Å². The number of nitrogens with one attached hydrogen (secondary N) is 1. The van der Waals surface area contributed by atoms with Gasteiger partial charge >= 0.3 is 0 Å². The molecule has 3 heteroatoms. The quantitative estimate of drug-likeness (QED) is 0.845. The van der Waals surface area contributed by atoms with Crippen molar-refractivity contribution in [1.29, 1.82) is 0 Å². The van der Waals surface area contributed by atoms with Crippen LogP contribution in [0.5, 0.6) is 0 Å². The van der Waals surface area contributed by atoms with Crippen LogP contribution in [0.25, 0.3) is 0 Å². The van der Waals surface area contributed by atoms with E-state index in [2.05, 4.69) is 48.1 Å².